The molecule has 0 aliphatic rings. The Morgan fingerprint density at radius 1 is 0.380 bits per heavy atom. The predicted molar refractivity (Wildman–Crippen MR) is 486 cm³/mol. The molecule has 0 saturated heterocycles. The van der Waals surface area contributed by atoms with Crippen molar-refractivity contribution in [3.63, 3.8) is 0 Å². The number of hydrogen-bond acceptors (Lipinski definition) is 33. The van der Waals surface area contributed by atoms with Gasteiger partial charge in [-0.15, -0.1) is 0 Å². The minimum absolute atomic E-state index is 0. The summed E-state index contributed by atoms with van der Waals surface area (Å²) < 4.78 is 83.0. The maximum Gasteiger partial charge on any atom is 1.00 e. The van der Waals surface area contributed by atoms with Gasteiger partial charge in [0.15, 0.2) is 22.4 Å². The molecule has 9 aromatic carbocycles. The molecule has 1 unspecified atom stereocenters. The zero-order valence-corrected chi connectivity index (χ0v) is 87.9. The van der Waals surface area contributed by atoms with Gasteiger partial charge >= 0.3 is 202 Å². The number of ether oxygens (including phenoxy) is 10. The van der Waals surface area contributed by atoms with Crippen LogP contribution in [0.2, 0.25) is 0 Å². The van der Waals surface area contributed by atoms with Crippen molar-refractivity contribution in [2.75, 3.05) is 26.6 Å². The Morgan fingerprint density at radius 2 is 0.725 bits per heavy atom. The summed E-state index contributed by atoms with van der Waals surface area (Å²) >= 11 is 0. The average Bonchev–Trinajstić information content (AvgIpc) is 1.62. The van der Waals surface area contributed by atoms with E-state index in [1.54, 1.807) is 83.6 Å². The fourth-order valence-corrected chi connectivity index (χ4v) is 14.8. The van der Waals surface area contributed by atoms with Gasteiger partial charge in [-0.2, -0.15) is 15.0 Å². The van der Waals surface area contributed by atoms with Crippen molar-refractivity contribution >= 4 is 63.3 Å². The number of imidazole rings is 3. The molecule has 142 heavy (non-hydrogen) atoms. The Hall–Kier alpha value is -13.6. The molecule has 43 nitrogen and oxygen atoms in total. The first-order valence-electron chi connectivity index (χ1n) is 43.0. The van der Waals surface area contributed by atoms with Crippen molar-refractivity contribution in [1.82, 2.24) is 79.4 Å². The first-order chi connectivity index (χ1) is 67.3. The molecule has 9 heterocycles. The van der Waals surface area contributed by atoms with Crippen molar-refractivity contribution in [2.24, 2.45) is 0 Å². The van der Waals surface area contributed by atoms with Crippen molar-refractivity contribution in [3.8, 4) is 85.6 Å². The van der Waals surface area contributed by atoms with E-state index in [1.807, 2.05) is 179 Å². The van der Waals surface area contributed by atoms with E-state index in [2.05, 4.69) is 88.5 Å². The summed E-state index contributed by atoms with van der Waals surface area (Å²) in [6, 6.07) is 61.7. The molecule has 9 aromatic heterocycles. The first kappa shape index (κ1) is 106. The number of carbonyl (C=O) groups is 5. The second-order valence-electron chi connectivity index (χ2n) is 30.5. The van der Waals surface area contributed by atoms with Gasteiger partial charge in [0.2, 0.25) is 35.9 Å². The monoisotopic (exact) mass is 2000 g/mol. The fraction of sp³-hybridized carbons (Fsp3) is 0.208. The number of aromatic amines is 2. The van der Waals surface area contributed by atoms with E-state index in [4.69, 9.17) is 47.4 Å². The number of nitrogens with zero attached hydrogens (tertiary/aromatic N) is 16. The molecule has 0 saturated carbocycles. The number of aryl methyl sites for hydroxylation is 3. The van der Waals surface area contributed by atoms with Gasteiger partial charge in [0, 0.05) is 20.8 Å². The average molecular weight is 2010 g/mol. The summed E-state index contributed by atoms with van der Waals surface area (Å²) in [5.74, 6) is -3.74. The number of hydrogen-bond donors (Lipinski definition) is 2. The Bertz CT molecular complexity index is 7900. The van der Waals surface area contributed by atoms with E-state index >= 15 is 0 Å². The van der Waals surface area contributed by atoms with Crippen molar-refractivity contribution < 1.29 is 258 Å². The van der Waals surface area contributed by atoms with Gasteiger partial charge in [-0.3, -0.25) is 39.1 Å². The van der Waals surface area contributed by atoms with Gasteiger partial charge in [-0.1, -0.05) is 183 Å². The van der Waals surface area contributed by atoms with Gasteiger partial charge in [0.05, 0.1) is 112 Å². The van der Waals surface area contributed by atoms with Crippen LogP contribution in [0.4, 0.5) is 9.59 Å². The standard InChI is InChI=1S/C36H34N6O8.C31H26N6O10.C29H24N6O7.3K/c1-6-46-34-39-29-13-9-12-28(33(43)48-23(5)49-36(45)47-19-30-22(4)37-20(2)21(3)38-30)31(29)42(34)18-24-14-16-25(17-15-24)26-10-7-8-11-27(26)32-40-35(44)50-41-32;1-3-42-29-32-24-10-6-9-23(28(38)44-17-45-31(40)43-16-25-18(2)37(41)47-34-25)26(24)36(29)15-19-11-13-20(14-12-19)21-7-4-5-8-22(21)27-33-30(39)46-35-27;1-3-39-28-30-23-10-6-9-22(27(36)40-16-24-17(2)35(38)42-32-24)25(23)34(28)15-18-11-13-19(14-12-18)20-7-4-5-8-21(20)26-31-29(37)41-33-26;;;/h7-17,23H,6,18-19H2,1-5H3,(H,40,41,44);4-14H,3,15-17H2,1-2H3,(H-,33,34,35,39,41);4-14H,3,15-16H2,1-2H3,(H-,31,32,33,37,38);;;/q;;;3*+1/p-1. The van der Waals surface area contributed by atoms with Gasteiger partial charge in [0.25, 0.3) is 18.0 Å². The van der Waals surface area contributed by atoms with Gasteiger partial charge < -0.3 is 75.9 Å². The number of esters is 3. The van der Waals surface area contributed by atoms with Crippen LogP contribution in [-0.4, -0.2) is 128 Å². The van der Waals surface area contributed by atoms with Crippen molar-refractivity contribution in [2.45, 2.75) is 108 Å². The molecule has 0 spiro atoms. The summed E-state index contributed by atoms with van der Waals surface area (Å²) in [6.45, 7) is 16.1. The molecule has 0 amide bonds. The number of para-hydroxylation sites is 3. The Balaban J connectivity index is 0.000000178. The molecule has 18 aromatic rings. The number of rotatable bonds is 31. The second-order valence-corrected chi connectivity index (χ2v) is 30.5. The third-order valence-corrected chi connectivity index (χ3v) is 21.6. The number of benzene rings is 9. The van der Waals surface area contributed by atoms with Crippen LogP contribution in [0.3, 0.4) is 0 Å². The van der Waals surface area contributed by atoms with E-state index in [0.717, 1.165) is 61.5 Å². The van der Waals surface area contributed by atoms with Crippen LogP contribution >= 0.6 is 0 Å². The summed E-state index contributed by atoms with van der Waals surface area (Å²) in [5, 5.41) is 16.1. The maximum absolute atomic E-state index is 13.5. The number of H-pyrrole nitrogens is 2. The van der Waals surface area contributed by atoms with Crippen LogP contribution in [0.15, 0.2) is 237 Å². The van der Waals surface area contributed by atoms with Crippen LogP contribution in [0.1, 0.15) is 121 Å². The van der Waals surface area contributed by atoms with Crippen LogP contribution < -0.4 is 210 Å². The van der Waals surface area contributed by atoms with E-state index < -0.39 is 60.6 Å². The molecule has 0 fully saturated rings. The van der Waals surface area contributed by atoms with Crippen LogP contribution in [0.25, 0.3) is 101 Å². The number of aromatic nitrogens is 18. The molecule has 0 aliphatic carbocycles. The van der Waals surface area contributed by atoms with E-state index in [0.29, 0.717) is 135 Å². The molecule has 18 rings (SSSR count). The summed E-state index contributed by atoms with van der Waals surface area (Å²) in [6.07, 6.45) is -3.40. The van der Waals surface area contributed by atoms with E-state index in [9.17, 15) is 48.2 Å². The van der Waals surface area contributed by atoms with Gasteiger partial charge in [-0.25, -0.2) is 38.4 Å². The minimum atomic E-state index is -1.26. The molecule has 0 radical (unpaired) electrons. The maximum atomic E-state index is 13.5. The largest absolute Gasteiger partial charge is 1.00 e. The molecule has 1 atom stereocenters. The molecular weight excluding hydrogens is 1920 g/mol. The SMILES string of the molecule is CCOc1nc2cccc(C(=O)OC(C)OC(=O)OCc3nc(C)c(C)nc3C)c2n1Cc1ccc(-c2ccccc2-c2noc(=O)[n-]2)cc1.CCOc1nc2cccc(C(=O)OCOC(=O)OCc3[nH]o[n+](=O)c3C)c2n1Cc1ccc(-c2ccccc2-c2noc(=O)[n-]2)cc1.CCOc1nc2cccc(C(=O)OCc3[nH]o[n+](=O)c3C)c2n1Cc1ccc(-c2ccccc2-c2noc(=O)[n-]2)cc1.[K+].[K+].[K+]. The zero-order chi connectivity index (χ0) is 97.5. The second kappa shape index (κ2) is 48.7. The fourth-order valence-electron chi connectivity index (χ4n) is 14.8. The normalized spacial score (nSPS) is 11.1. The van der Waals surface area contributed by atoms with Gasteiger partial charge in [0.1, 0.15) is 6.61 Å². The summed E-state index contributed by atoms with van der Waals surface area (Å²) in [7, 11) is 0. The minimum Gasteiger partial charge on any atom is -0.465 e. The van der Waals surface area contributed by atoms with Crippen LogP contribution in [0, 0.1) is 44.4 Å². The molecule has 0 aliphatic heterocycles. The zero-order valence-electron chi connectivity index (χ0n) is 78.6. The van der Waals surface area contributed by atoms with Crippen LogP contribution in [-0.2, 0) is 72.6 Å². The number of nitrogens with one attached hydrogen (secondary N) is 2. The Labute approximate surface area is 929 Å². The molecule has 708 valence electrons. The molecule has 46 heteroatoms. The topological polar surface area (TPSA) is 532 Å². The third-order valence-electron chi connectivity index (χ3n) is 21.6. The van der Waals surface area contributed by atoms with Crippen molar-refractivity contribution in [1.29, 1.82) is 0 Å². The third kappa shape index (κ3) is 24.9. The Morgan fingerprint density at radius 3 is 1.08 bits per heavy atom. The molecular formula is C96H83K3N18O25+2. The molecule has 0 bridgehead atoms. The van der Waals surface area contributed by atoms with Crippen LogP contribution in [0.5, 0.6) is 18.0 Å². The molecule has 2 N–H and O–H groups in total. The van der Waals surface area contributed by atoms with Crippen molar-refractivity contribution in [3.05, 3.63) is 321 Å². The van der Waals surface area contributed by atoms with E-state index in [1.165, 1.54) is 13.8 Å². The first-order valence-corrected chi connectivity index (χ1v) is 43.0. The number of fused-ring (bicyclic) bond motifs is 3. The quantitative estimate of drug-likeness (QED) is 0.0268. The smallest absolute Gasteiger partial charge is 0.465 e. The Kier molecular flexibility index (Phi) is 36.3. The predicted octanol–water partition coefficient (Wildman–Crippen LogP) is 4.06. The number of carbonyl (C=O) groups excluding carboxylic acids is 5. The van der Waals surface area contributed by atoms with Gasteiger partial charge in [-0.05, 0) is 172 Å². The summed E-state index contributed by atoms with van der Waals surface area (Å²) in [4.78, 5) is 156. The summed E-state index contributed by atoms with van der Waals surface area (Å²) in [5.41, 5.74) is 17.2. The van der Waals surface area contributed by atoms with E-state index in [-0.39, 0.29) is 224 Å².